The molecule has 1 unspecified atom stereocenters. The predicted octanol–water partition coefficient (Wildman–Crippen LogP) is 5.24. The molecule has 1 aliphatic rings. The minimum Gasteiger partial charge on any atom is -0.327 e. The molecule has 0 fully saturated rings. The van der Waals surface area contributed by atoms with Crippen LogP contribution in [0.3, 0.4) is 0 Å². The first-order chi connectivity index (χ1) is 12.3. The predicted molar refractivity (Wildman–Crippen MR) is 104 cm³/mol. The number of carbonyl (C=O) groups excluding carboxylic acids is 1. The van der Waals surface area contributed by atoms with Gasteiger partial charge in [0.15, 0.2) is 0 Å². The molecule has 2 nitrogen and oxygen atoms in total. The third-order valence-corrected chi connectivity index (χ3v) is 5.46. The number of nitrogens with zero attached hydrogens (tertiary/aromatic N) is 1. The van der Waals surface area contributed by atoms with Crippen molar-refractivity contribution in [3.63, 3.8) is 0 Å². The maximum Gasteiger partial charge on any atom is 0.255 e. The van der Waals surface area contributed by atoms with Crippen LogP contribution >= 0.6 is 15.9 Å². The van der Waals surface area contributed by atoms with Crippen molar-refractivity contribution >= 4 is 21.8 Å². The highest BCUT2D eigenvalue weighted by molar-refractivity contribution is 9.10. The van der Waals surface area contributed by atoms with Crippen molar-refractivity contribution in [3.8, 4) is 0 Å². The molecule has 0 bridgehead atoms. The van der Waals surface area contributed by atoms with Gasteiger partial charge in [-0.25, -0.2) is 0 Å². The molecule has 0 aromatic heterocycles. The summed E-state index contributed by atoms with van der Waals surface area (Å²) in [5, 5.41) is 0. The Morgan fingerprint density at radius 3 is 2.36 bits per heavy atom. The van der Waals surface area contributed by atoms with Gasteiger partial charge in [0.1, 0.15) is 0 Å². The highest BCUT2D eigenvalue weighted by Crippen LogP contribution is 2.36. The van der Waals surface area contributed by atoms with Gasteiger partial charge in [0.05, 0.1) is 11.6 Å². The van der Waals surface area contributed by atoms with Crippen molar-refractivity contribution in [1.82, 2.24) is 4.90 Å². The molecule has 4 rings (SSSR count). The normalized spacial score (nSPS) is 16.4. The molecule has 1 atom stereocenters. The molecule has 25 heavy (non-hydrogen) atoms. The Labute approximate surface area is 156 Å². The minimum atomic E-state index is -0.0502. The molecule has 0 N–H and O–H groups in total. The van der Waals surface area contributed by atoms with Gasteiger partial charge in [-0.05, 0) is 51.2 Å². The zero-order valence-corrected chi connectivity index (χ0v) is 15.3. The van der Waals surface area contributed by atoms with Crippen molar-refractivity contribution < 1.29 is 4.79 Å². The molecule has 0 aliphatic carbocycles. The number of rotatable bonds is 2. The van der Waals surface area contributed by atoms with E-state index >= 15 is 0 Å². The maximum atomic E-state index is 13.3. The lowest BCUT2D eigenvalue weighted by molar-refractivity contribution is 0.0693. The van der Waals surface area contributed by atoms with Gasteiger partial charge in [-0.1, -0.05) is 66.7 Å². The molecule has 1 amide bonds. The summed E-state index contributed by atoms with van der Waals surface area (Å²) >= 11 is 3.52. The van der Waals surface area contributed by atoms with Gasteiger partial charge in [0.25, 0.3) is 5.91 Å². The van der Waals surface area contributed by atoms with E-state index in [0.29, 0.717) is 5.56 Å². The SMILES string of the molecule is O=C(c1ccccc1Br)N1CCc2ccccc2C1c1ccccc1. The van der Waals surface area contributed by atoms with Crippen LogP contribution in [0.1, 0.15) is 33.1 Å². The summed E-state index contributed by atoms with van der Waals surface area (Å²) in [5.74, 6) is 0.0656. The molecular formula is C22H18BrNO. The summed E-state index contributed by atoms with van der Waals surface area (Å²) < 4.78 is 0.839. The first-order valence-corrected chi connectivity index (χ1v) is 9.23. The lowest BCUT2D eigenvalue weighted by atomic mass is 9.88. The lowest BCUT2D eigenvalue weighted by Crippen LogP contribution is -2.40. The van der Waals surface area contributed by atoms with Gasteiger partial charge >= 0.3 is 0 Å². The van der Waals surface area contributed by atoms with Crippen LogP contribution in [0.25, 0.3) is 0 Å². The number of carbonyl (C=O) groups is 1. The zero-order valence-electron chi connectivity index (χ0n) is 13.7. The largest absolute Gasteiger partial charge is 0.327 e. The highest BCUT2D eigenvalue weighted by atomic mass is 79.9. The number of halogens is 1. The Kier molecular flexibility index (Phi) is 4.41. The third kappa shape index (κ3) is 3.00. The second-order valence-corrected chi connectivity index (χ2v) is 7.09. The Morgan fingerprint density at radius 1 is 0.880 bits per heavy atom. The Bertz CT molecular complexity index is 907. The molecule has 0 spiro atoms. The molecule has 124 valence electrons. The van der Waals surface area contributed by atoms with Gasteiger partial charge in [-0.3, -0.25) is 4.79 Å². The average Bonchev–Trinajstić information content (AvgIpc) is 2.67. The molecule has 3 aromatic rings. The van der Waals surface area contributed by atoms with Gasteiger partial charge in [-0.2, -0.15) is 0 Å². The fourth-order valence-corrected chi connectivity index (χ4v) is 4.02. The molecule has 0 radical (unpaired) electrons. The smallest absolute Gasteiger partial charge is 0.255 e. The second kappa shape index (κ2) is 6.85. The van der Waals surface area contributed by atoms with E-state index in [-0.39, 0.29) is 11.9 Å². The van der Waals surface area contributed by atoms with Gasteiger partial charge in [-0.15, -0.1) is 0 Å². The third-order valence-electron chi connectivity index (χ3n) is 4.76. The first kappa shape index (κ1) is 16.1. The van der Waals surface area contributed by atoms with Crippen LogP contribution in [-0.4, -0.2) is 17.4 Å². The number of benzene rings is 3. The number of hydrogen-bond donors (Lipinski definition) is 0. The van der Waals surface area contributed by atoms with Crippen molar-refractivity contribution in [3.05, 3.63) is 106 Å². The maximum absolute atomic E-state index is 13.3. The van der Waals surface area contributed by atoms with Crippen LogP contribution in [0.4, 0.5) is 0 Å². The minimum absolute atomic E-state index is 0.0502. The first-order valence-electron chi connectivity index (χ1n) is 8.44. The molecule has 1 aliphatic heterocycles. The summed E-state index contributed by atoms with van der Waals surface area (Å²) in [6.45, 7) is 0.719. The molecule has 3 aromatic carbocycles. The lowest BCUT2D eigenvalue weighted by Gasteiger charge is -2.38. The van der Waals surface area contributed by atoms with Gasteiger partial charge in [0.2, 0.25) is 0 Å². The Balaban J connectivity index is 1.82. The standard InChI is InChI=1S/C22H18BrNO/c23-20-13-7-6-12-19(20)22(25)24-15-14-16-8-4-5-11-18(16)21(24)17-9-2-1-3-10-17/h1-13,21H,14-15H2. The van der Waals surface area contributed by atoms with E-state index in [9.17, 15) is 4.79 Å². The van der Waals surface area contributed by atoms with E-state index in [4.69, 9.17) is 0 Å². The van der Waals surface area contributed by atoms with E-state index in [1.807, 2.05) is 47.4 Å². The molecule has 3 heteroatoms. The van der Waals surface area contributed by atoms with E-state index in [0.717, 1.165) is 23.0 Å². The van der Waals surface area contributed by atoms with Crippen LogP contribution in [0.5, 0.6) is 0 Å². The van der Waals surface area contributed by atoms with E-state index in [2.05, 4.69) is 52.3 Å². The summed E-state index contributed by atoms with van der Waals surface area (Å²) in [7, 11) is 0. The molecule has 0 saturated carbocycles. The molecule has 1 heterocycles. The van der Waals surface area contributed by atoms with Crippen LogP contribution < -0.4 is 0 Å². The fraction of sp³-hybridized carbons (Fsp3) is 0.136. The zero-order chi connectivity index (χ0) is 17.2. The van der Waals surface area contributed by atoms with Gasteiger partial charge < -0.3 is 4.90 Å². The van der Waals surface area contributed by atoms with Crippen molar-refractivity contribution in [2.24, 2.45) is 0 Å². The van der Waals surface area contributed by atoms with Crippen LogP contribution in [0, 0.1) is 0 Å². The number of hydrogen-bond acceptors (Lipinski definition) is 1. The number of fused-ring (bicyclic) bond motifs is 1. The summed E-state index contributed by atoms with van der Waals surface area (Å²) in [4.78, 5) is 15.3. The fourth-order valence-electron chi connectivity index (χ4n) is 3.57. The monoisotopic (exact) mass is 391 g/mol. The second-order valence-electron chi connectivity index (χ2n) is 6.24. The highest BCUT2D eigenvalue weighted by Gasteiger charge is 2.32. The average molecular weight is 392 g/mol. The Hall–Kier alpha value is -2.39. The van der Waals surface area contributed by atoms with Crippen LogP contribution in [0.15, 0.2) is 83.3 Å². The van der Waals surface area contributed by atoms with E-state index < -0.39 is 0 Å². The molecular weight excluding hydrogens is 374 g/mol. The molecule has 0 saturated heterocycles. The van der Waals surface area contributed by atoms with Crippen molar-refractivity contribution in [1.29, 1.82) is 0 Å². The summed E-state index contributed by atoms with van der Waals surface area (Å²) in [6.07, 6.45) is 0.885. The topological polar surface area (TPSA) is 20.3 Å². The summed E-state index contributed by atoms with van der Waals surface area (Å²) in [5.41, 5.74) is 4.41. The van der Waals surface area contributed by atoms with Crippen LogP contribution in [0.2, 0.25) is 0 Å². The van der Waals surface area contributed by atoms with E-state index in [1.165, 1.54) is 11.1 Å². The Morgan fingerprint density at radius 2 is 1.56 bits per heavy atom. The van der Waals surface area contributed by atoms with Gasteiger partial charge in [0, 0.05) is 11.0 Å². The van der Waals surface area contributed by atoms with Crippen molar-refractivity contribution in [2.45, 2.75) is 12.5 Å². The summed E-state index contributed by atoms with van der Waals surface area (Å²) in [6, 6.07) is 26.3. The quantitative estimate of drug-likeness (QED) is 0.584. The van der Waals surface area contributed by atoms with Crippen LogP contribution in [-0.2, 0) is 6.42 Å². The number of amides is 1. The van der Waals surface area contributed by atoms with E-state index in [1.54, 1.807) is 0 Å². The van der Waals surface area contributed by atoms with Crippen molar-refractivity contribution in [2.75, 3.05) is 6.54 Å².